The van der Waals surface area contributed by atoms with Gasteiger partial charge >= 0.3 is 0 Å². The van der Waals surface area contributed by atoms with E-state index in [2.05, 4.69) is 10.5 Å². The zero-order valence-corrected chi connectivity index (χ0v) is 15.5. The molecule has 1 fully saturated rings. The first-order chi connectivity index (χ1) is 12.4. The number of hydrogen-bond acceptors (Lipinski definition) is 4. The van der Waals surface area contributed by atoms with E-state index in [4.69, 9.17) is 4.52 Å². The molecular weight excluding hydrogens is 330 g/mol. The Morgan fingerprint density at radius 1 is 1.31 bits per heavy atom. The van der Waals surface area contributed by atoms with Crippen molar-refractivity contribution in [1.82, 2.24) is 15.4 Å². The monoisotopic (exact) mass is 355 g/mol. The van der Waals surface area contributed by atoms with Gasteiger partial charge in [0, 0.05) is 44.1 Å². The summed E-state index contributed by atoms with van der Waals surface area (Å²) in [6.45, 7) is 4.75. The molecule has 0 saturated carbocycles. The molecular formula is C20H25N3O3. The van der Waals surface area contributed by atoms with Crippen molar-refractivity contribution in [2.75, 3.05) is 20.1 Å². The van der Waals surface area contributed by atoms with E-state index in [9.17, 15) is 9.59 Å². The molecule has 1 aliphatic rings. The number of carbonyl (C=O) groups excluding carboxylic acids is 2. The molecule has 6 heteroatoms. The fourth-order valence-electron chi connectivity index (χ4n) is 3.58. The van der Waals surface area contributed by atoms with Crippen LogP contribution in [-0.4, -0.2) is 42.0 Å². The maximum absolute atomic E-state index is 12.6. The van der Waals surface area contributed by atoms with E-state index < -0.39 is 5.41 Å². The summed E-state index contributed by atoms with van der Waals surface area (Å²) in [7, 11) is 1.63. The number of hydrogen-bond donors (Lipinski definition) is 1. The minimum absolute atomic E-state index is 0.0609. The SMILES string of the molecule is CNC(=O)C1(Cc2cc(-c3ccccc3)no2)CCN(C(=O)C(C)C)C1. The average molecular weight is 355 g/mol. The van der Waals surface area contributed by atoms with Crippen LogP contribution < -0.4 is 5.32 Å². The van der Waals surface area contributed by atoms with Crippen LogP contribution >= 0.6 is 0 Å². The number of amides is 2. The third-order valence-electron chi connectivity index (χ3n) is 5.01. The summed E-state index contributed by atoms with van der Waals surface area (Å²) in [5.74, 6) is 0.601. The number of likely N-dealkylation sites (tertiary alicyclic amines) is 1. The van der Waals surface area contributed by atoms with Crippen molar-refractivity contribution in [3.8, 4) is 11.3 Å². The highest BCUT2D eigenvalue weighted by molar-refractivity contribution is 5.86. The second-order valence-corrected chi connectivity index (χ2v) is 7.25. The van der Waals surface area contributed by atoms with Gasteiger partial charge < -0.3 is 14.7 Å². The van der Waals surface area contributed by atoms with Crippen molar-refractivity contribution in [1.29, 1.82) is 0 Å². The molecule has 0 aliphatic carbocycles. The predicted molar refractivity (Wildman–Crippen MR) is 98.2 cm³/mol. The topological polar surface area (TPSA) is 75.4 Å². The second kappa shape index (κ2) is 7.32. The van der Waals surface area contributed by atoms with Crippen LogP contribution in [0.5, 0.6) is 0 Å². The van der Waals surface area contributed by atoms with Crippen LogP contribution in [-0.2, 0) is 16.0 Å². The molecule has 1 aliphatic heterocycles. The predicted octanol–water partition coefficient (Wildman–Crippen LogP) is 2.50. The number of rotatable bonds is 5. The lowest BCUT2D eigenvalue weighted by atomic mass is 9.81. The number of nitrogens with zero attached hydrogens (tertiary/aromatic N) is 2. The lowest BCUT2D eigenvalue weighted by molar-refractivity contribution is -0.135. The standard InChI is InChI=1S/C20H25N3O3/c1-14(2)18(24)23-10-9-20(13-23,19(25)21-3)12-16-11-17(22-26-16)15-7-5-4-6-8-15/h4-8,11,14H,9-10,12-13H2,1-3H3,(H,21,25). The second-order valence-electron chi connectivity index (χ2n) is 7.25. The van der Waals surface area contributed by atoms with Gasteiger partial charge in [0.15, 0.2) is 0 Å². The van der Waals surface area contributed by atoms with Gasteiger partial charge in [0.25, 0.3) is 0 Å². The van der Waals surface area contributed by atoms with Crippen LogP contribution in [0, 0.1) is 11.3 Å². The molecule has 2 aromatic rings. The van der Waals surface area contributed by atoms with Gasteiger partial charge in [-0.25, -0.2) is 0 Å². The molecule has 1 aromatic heterocycles. The molecule has 0 bridgehead atoms. The molecule has 3 rings (SSSR count). The summed E-state index contributed by atoms with van der Waals surface area (Å²) in [5.41, 5.74) is 1.05. The van der Waals surface area contributed by atoms with Crippen LogP contribution in [0.1, 0.15) is 26.0 Å². The van der Waals surface area contributed by atoms with Gasteiger partial charge in [0.05, 0.1) is 5.41 Å². The van der Waals surface area contributed by atoms with E-state index in [1.54, 1.807) is 11.9 Å². The quantitative estimate of drug-likeness (QED) is 0.894. The Bertz CT molecular complexity index is 785. The van der Waals surface area contributed by atoms with E-state index in [1.165, 1.54) is 0 Å². The molecule has 0 spiro atoms. The van der Waals surface area contributed by atoms with E-state index >= 15 is 0 Å². The number of aromatic nitrogens is 1. The molecule has 1 aromatic carbocycles. The summed E-state index contributed by atoms with van der Waals surface area (Å²) < 4.78 is 5.51. The van der Waals surface area contributed by atoms with Crippen molar-refractivity contribution in [3.63, 3.8) is 0 Å². The van der Waals surface area contributed by atoms with Gasteiger partial charge in [-0.1, -0.05) is 49.3 Å². The van der Waals surface area contributed by atoms with Crippen LogP contribution in [0.25, 0.3) is 11.3 Å². The van der Waals surface area contributed by atoms with Gasteiger partial charge in [-0.3, -0.25) is 9.59 Å². The molecule has 138 valence electrons. The van der Waals surface area contributed by atoms with Crippen molar-refractivity contribution >= 4 is 11.8 Å². The largest absolute Gasteiger partial charge is 0.361 e. The number of carbonyl (C=O) groups is 2. The van der Waals surface area contributed by atoms with Crippen LogP contribution in [0.3, 0.4) is 0 Å². The molecule has 1 atom stereocenters. The first kappa shape index (κ1) is 18.2. The Morgan fingerprint density at radius 2 is 2.04 bits per heavy atom. The zero-order valence-electron chi connectivity index (χ0n) is 15.5. The minimum atomic E-state index is -0.674. The Labute approximate surface area is 153 Å². The fraction of sp³-hybridized carbons (Fsp3) is 0.450. The summed E-state index contributed by atoms with van der Waals surface area (Å²) in [4.78, 5) is 26.8. The van der Waals surface area contributed by atoms with Crippen molar-refractivity contribution in [2.45, 2.75) is 26.7 Å². The van der Waals surface area contributed by atoms with Gasteiger partial charge in [0.1, 0.15) is 11.5 Å². The highest BCUT2D eigenvalue weighted by Gasteiger charge is 2.46. The Kier molecular flexibility index (Phi) is 5.11. The number of nitrogens with one attached hydrogen (secondary N) is 1. The average Bonchev–Trinajstić information content (AvgIpc) is 3.29. The minimum Gasteiger partial charge on any atom is -0.361 e. The lowest BCUT2D eigenvalue weighted by Gasteiger charge is -2.27. The van der Waals surface area contributed by atoms with Crippen molar-refractivity contribution in [3.05, 3.63) is 42.2 Å². The molecule has 1 unspecified atom stereocenters. The Hall–Kier alpha value is -2.63. The smallest absolute Gasteiger partial charge is 0.228 e. The van der Waals surface area contributed by atoms with Crippen molar-refractivity contribution < 1.29 is 14.1 Å². The van der Waals surface area contributed by atoms with E-state index in [0.717, 1.165) is 11.3 Å². The Morgan fingerprint density at radius 3 is 2.69 bits per heavy atom. The molecule has 6 nitrogen and oxygen atoms in total. The summed E-state index contributed by atoms with van der Waals surface area (Å²) in [6, 6.07) is 11.7. The van der Waals surface area contributed by atoms with E-state index in [-0.39, 0.29) is 17.7 Å². The molecule has 26 heavy (non-hydrogen) atoms. The normalized spacial score (nSPS) is 19.8. The zero-order chi connectivity index (χ0) is 18.7. The van der Waals surface area contributed by atoms with Gasteiger partial charge in [-0.05, 0) is 6.42 Å². The van der Waals surface area contributed by atoms with Gasteiger partial charge in [0.2, 0.25) is 11.8 Å². The third kappa shape index (κ3) is 3.49. The summed E-state index contributed by atoms with van der Waals surface area (Å²) in [6.07, 6.45) is 1.04. The molecule has 1 saturated heterocycles. The summed E-state index contributed by atoms with van der Waals surface area (Å²) >= 11 is 0. The highest BCUT2D eigenvalue weighted by atomic mass is 16.5. The fourth-order valence-corrected chi connectivity index (χ4v) is 3.58. The molecule has 0 radical (unpaired) electrons. The van der Waals surface area contributed by atoms with Gasteiger partial charge in [-0.15, -0.1) is 0 Å². The van der Waals surface area contributed by atoms with E-state index in [1.807, 2.05) is 50.2 Å². The number of benzene rings is 1. The van der Waals surface area contributed by atoms with Crippen LogP contribution in [0.2, 0.25) is 0 Å². The van der Waals surface area contributed by atoms with Crippen LogP contribution in [0.15, 0.2) is 40.9 Å². The molecule has 2 amide bonds. The first-order valence-corrected chi connectivity index (χ1v) is 8.97. The molecule has 1 N–H and O–H groups in total. The lowest BCUT2D eigenvalue weighted by Crippen LogP contribution is -2.44. The maximum Gasteiger partial charge on any atom is 0.228 e. The molecule has 2 heterocycles. The van der Waals surface area contributed by atoms with Crippen LogP contribution in [0.4, 0.5) is 0 Å². The summed E-state index contributed by atoms with van der Waals surface area (Å²) in [5, 5.41) is 6.90. The third-order valence-corrected chi connectivity index (χ3v) is 5.01. The van der Waals surface area contributed by atoms with Gasteiger partial charge in [-0.2, -0.15) is 0 Å². The maximum atomic E-state index is 12.6. The van der Waals surface area contributed by atoms with E-state index in [0.29, 0.717) is 31.7 Å². The highest BCUT2D eigenvalue weighted by Crippen LogP contribution is 2.36. The van der Waals surface area contributed by atoms with Crippen molar-refractivity contribution in [2.24, 2.45) is 11.3 Å². The first-order valence-electron chi connectivity index (χ1n) is 8.97. The Balaban J connectivity index is 1.81.